The zero-order valence-corrected chi connectivity index (χ0v) is 13.5. The SMILES string of the molecule is COc1ccc2c(CN3CC(C)CC(C)C3)cc(=O)oc2c1. The minimum absolute atomic E-state index is 0.297. The smallest absolute Gasteiger partial charge is 0.336 e. The lowest BCUT2D eigenvalue weighted by Crippen LogP contribution is -2.38. The fourth-order valence-electron chi connectivity index (χ4n) is 3.63. The van der Waals surface area contributed by atoms with Crippen LogP contribution in [0.4, 0.5) is 0 Å². The van der Waals surface area contributed by atoms with Crippen molar-refractivity contribution < 1.29 is 9.15 Å². The van der Waals surface area contributed by atoms with E-state index in [2.05, 4.69) is 18.7 Å². The highest BCUT2D eigenvalue weighted by Gasteiger charge is 2.22. The van der Waals surface area contributed by atoms with Gasteiger partial charge in [-0.25, -0.2) is 4.79 Å². The first-order valence-corrected chi connectivity index (χ1v) is 7.88. The van der Waals surface area contributed by atoms with Crippen molar-refractivity contribution in [3.8, 4) is 5.75 Å². The first-order chi connectivity index (χ1) is 10.5. The van der Waals surface area contributed by atoms with E-state index in [1.807, 2.05) is 12.1 Å². The van der Waals surface area contributed by atoms with Crippen molar-refractivity contribution in [1.29, 1.82) is 0 Å². The topological polar surface area (TPSA) is 42.7 Å². The van der Waals surface area contributed by atoms with Crippen LogP contribution in [-0.2, 0) is 6.54 Å². The maximum absolute atomic E-state index is 11.8. The molecule has 2 heterocycles. The van der Waals surface area contributed by atoms with Crippen LogP contribution >= 0.6 is 0 Å². The Morgan fingerprint density at radius 1 is 1.23 bits per heavy atom. The Kier molecular flexibility index (Phi) is 4.21. The van der Waals surface area contributed by atoms with Gasteiger partial charge in [0.15, 0.2) is 0 Å². The summed E-state index contributed by atoms with van der Waals surface area (Å²) >= 11 is 0. The first-order valence-electron chi connectivity index (χ1n) is 7.88. The summed E-state index contributed by atoms with van der Waals surface area (Å²) in [5.74, 6) is 2.11. The molecule has 0 spiro atoms. The lowest BCUT2D eigenvalue weighted by Gasteiger charge is -2.35. The fraction of sp³-hybridized carbons (Fsp3) is 0.500. The quantitative estimate of drug-likeness (QED) is 0.816. The van der Waals surface area contributed by atoms with Crippen molar-refractivity contribution in [2.75, 3.05) is 20.2 Å². The molecule has 0 saturated carbocycles. The van der Waals surface area contributed by atoms with Crippen LogP contribution in [0.5, 0.6) is 5.75 Å². The molecule has 2 unspecified atom stereocenters. The van der Waals surface area contributed by atoms with E-state index >= 15 is 0 Å². The summed E-state index contributed by atoms with van der Waals surface area (Å²) in [5.41, 5.74) is 1.34. The Hall–Kier alpha value is -1.81. The second kappa shape index (κ2) is 6.13. The minimum Gasteiger partial charge on any atom is -0.497 e. The van der Waals surface area contributed by atoms with Gasteiger partial charge in [0.25, 0.3) is 0 Å². The van der Waals surface area contributed by atoms with E-state index in [-0.39, 0.29) is 5.63 Å². The van der Waals surface area contributed by atoms with E-state index in [0.717, 1.165) is 30.6 Å². The third-order valence-electron chi connectivity index (χ3n) is 4.38. The maximum Gasteiger partial charge on any atom is 0.336 e. The summed E-state index contributed by atoms with van der Waals surface area (Å²) in [6, 6.07) is 7.29. The number of methoxy groups -OCH3 is 1. The molecule has 4 heteroatoms. The van der Waals surface area contributed by atoms with Gasteiger partial charge in [-0.05, 0) is 36.0 Å². The number of rotatable bonds is 3. The minimum atomic E-state index is -0.297. The summed E-state index contributed by atoms with van der Waals surface area (Å²) in [4.78, 5) is 14.3. The van der Waals surface area contributed by atoms with Gasteiger partial charge in [0, 0.05) is 37.2 Å². The van der Waals surface area contributed by atoms with Gasteiger partial charge < -0.3 is 9.15 Å². The summed E-state index contributed by atoms with van der Waals surface area (Å²) in [6.45, 7) is 7.56. The summed E-state index contributed by atoms with van der Waals surface area (Å²) in [7, 11) is 1.61. The maximum atomic E-state index is 11.8. The predicted molar refractivity (Wildman–Crippen MR) is 87.3 cm³/mol. The highest BCUT2D eigenvalue weighted by molar-refractivity contribution is 5.81. The monoisotopic (exact) mass is 301 g/mol. The van der Waals surface area contributed by atoms with Crippen molar-refractivity contribution >= 4 is 11.0 Å². The van der Waals surface area contributed by atoms with Crippen LogP contribution < -0.4 is 10.4 Å². The molecule has 1 saturated heterocycles. The second-order valence-corrected chi connectivity index (χ2v) is 6.59. The molecule has 0 radical (unpaired) electrons. The Bertz CT molecular complexity index is 712. The average molecular weight is 301 g/mol. The summed E-state index contributed by atoms with van der Waals surface area (Å²) in [5, 5.41) is 0.992. The Balaban J connectivity index is 1.94. The van der Waals surface area contributed by atoms with Gasteiger partial charge in [-0.2, -0.15) is 0 Å². The number of benzene rings is 1. The van der Waals surface area contributed by atoms with Crippen molar-refractivity contribution in [2.24, 2.45) is 11.8 Å². The van der Waals surface area contributed by atoms with E-state index < -0.39 is 0 Å². The van der Waals surface area contributed by atoms with Gasteiger partial charge in [0.1, 0.15) is 11.3 Å². The van der Waals surface area contributed by atoms with E-state index in [1.54, 1.807) is 19.2 Å². The predicted octanol–water partition coefficient (Wildman–Crippen LogP) is 3.28. The van der Waals surface area contributed by atoms with Crippen LogP contribution in [0.25, 0.3) is 11.0 Å². The number of nitrogens with zero attached hydrogens (tertiary/aromatic N) is 1. The lowest BCUT2D eigenvalue weighted by atomic mass is 9.91. The van der Waals surface area contributed by atoms with E-state index in [1.165, 1.54) is 6.42 Å². The molecule has 1 aliphatic heterocycles. The molecule has 0 N–H and O–H groups in total. The largest absolute Gasteiger partial charge is 0.497 e. The Morgan fingerprint density at radius 2 is 1.95 bits per heavy atom. The number of fused-ring (bicyclic) bond motifs is 1. The number of piperidine rings is 1. The molecule has 22 heavy (non-hydrogen) atoms. The molecule has 0 aliphatic carbocycles. The summed E-state index contributed by atoms with van der Waals surface area (Å²) < 4.78 is 10.5. The van der Waals surface area contributed by atoms with E-state index in [4.69, 9.17) is 9.15 Å². The molecule has 1 fully saturated rings. The molecular formula is C18H23NO3. The fourth-order valence-corrected chi connectivity index (χ4v) is 3.63. The number of hydrogen-bond acceptors (Lipinski definition) is 4. The summed E-state index contributed by atoms with van der Waals surface area (Å²) in [6.07, 6.45) is 1.28. The molecule has 4 nitrogen and oxygen atoms in total. The molecule has 2 atom stereocenters. The third-order valence-corrected chi connectivity index (χ3v) is 4.38. The van der Waals surface area contributed by atoms with Gasteiger partial charge in [0.05, 0.1) is 7.11 Å². The first kappa shape index (κ1) is 15.1. The molecular weight excluding hydrogens is 278 g/mol. The molecule has 1 aromatic carbocycles. The zero-order chi connectivity index (χ0) is 15.7. The van der Waals surface area contributed by atoms with Gasteiger partial charge in [-0.15, -0.1) is 0 Å². The standard InChI is InChI=1S/C18H23NO3/c1-12-6-13(2)10-19(9-12)11-14-7-18(20)22-17-8-15(21-3)4-5-16(14)17/h4-5,7-8,12-13H,6,9-11H2,1-3H3. The number of hydrogen-bond donors (Lipinski definition) is 0. The van der Waals surface area contributed by atoms with Gasteiger partial charge in [-0.3, -0.25) is 4.90 Å². The normalized spacial score (nSPS) is 22.9. The van der Waals surface area contributed by atoms with Crippen LogP contribution in [0.3, 0.4) is 0 Å². The Labute approximate surface area is 130 Å². The highest BCUT2D eigenvalue weighted by Crippen LogP contribution is 2.26. The Morgan fingerprint density at radius 3 is 2.64 bits per heavy atom. The molecule has 1 aliphatic rings. The van der Waals surface area contributed by atoms with Crippen molar-refractivity contribution in [3.05, 3.63) is 40.2 Å². The number of ether oxygens (including phenoxy) is 1. The lowest BCUT2D eigenvalue weighted by molar-refractivity contribution is 0.134. The van der Waals surface area contributed by atoms with Crippen LogP contribution in [0.15, 0.2) is 33.5 Å². The van der Waals surface area contributed by atoms with Crippen LogP contribution in [0, 0.1) is 11.8 Å². The number of likely N-dealkylation sites (tertiary alicyclic amines) is 1. The van der Waals surface area contributed by atoms with E-state index in [9.17, 15) is 4.79 Å². The molecule has 0 bridgehead atoms. The highest BCUT2D eigenvalue weighted by atomic mass is 16.5. The van der Waals surface area contributed by atoms with Gasteiger partial charge in [0.2, 0.25) is 0 Å². The molecule has 118 valence electrons. The molecule has 2 aromatic rings. The van der Waals surface area contributed by atoms with Gasteiger partial charge >= 0.3 is 5.63 Å². The van der Waals surface area contributed by atoms with Crippen molar-refractivity contribution in [3.63, 3.8) is 0 Å². The van der Waals surface area contributed by atoms with Gasteiger partial charge in [-0.1, -0.05) is 13.8 Å². The van der Waals surface area contributed by atoms with Crippen LogP contribution in [0.2, 0.25) is 0 Å². The van der Waals surface area contributed by atoms with E-state index in [0.29, 0.717) is 23.2 Å². The second-order valence-electron chi connectivity index (χ2n) is 6.59. The van der Waals surface area contributed by atoms with Crippen molar-refractivity contribution in [1.82, 2.24) is 4.90 Å². The third kappa shape index (κ3) is 3.17. The zero-order valence-electron chi connectivity index (χ0n) is 13.5. The molecule has 1 aromatic heterocycles. The van der Waals surface area contributed by atoms with Crippen molar-refractivity contribution in [2.45, 2.75) is 26.8 Å². The average Bonchev–Trinajstić information content (AvgIpc) is 2.45. The van der Waals surface area contributed by atoms with Crippen LogP contribution in [-0.4, -0.2) is 25.1 Å². The molecule has 0 amide bonds. The molecule has 3 rings (SSSR count). The van der Waals surface area contributed by atoms with Crippen LogP contribution in [0.1, 0.15) is 25.8 Å².